The van der Waals surface area contributed by atoms with Gasteiger partial charge in [-0.05, 0) is 37.2 Å². The van der Waals surface area contributed by atoms with Gasteiger partial charge in [0.15, 0.2) is 0 Å². The van der Waals surface area contributed by atoms with E-state index in [0.717, 1.165) is 35.3 Å². The number of aromatic nitrogens is 2. The van der Waals surface area contributed by atoms with Crippen molar-refractivity contribution < 1.29 is 9.13 Å². The van der Waals surface area contributed by atoms with Gasteiger partial charge in [-0.3, -0.25) is 0 Å². The van der Waals surface area contributed by atoms with E-state index in [4.69, 9.17) is 4.74 Å². The van der Waals surface area contributed by atoms with Crippen molar-refractivity contribution in [1.82, 2.24) is 14.9 Å². The highest BCUT2D eigenvalue weighted by Crippen LogP contribution is 2.24. The summed E-state index contributed by atoms with van der Waals surface area (Å²) < 4.78 is 22.7. The first kappa shape index (κ1) is 18.6. The summed E-state index contributed by atoms with van der Waals surface area (Å²) >= 11 is 3.50. The highest BCUT2D eigenvalue weighted by molar-refractivity contribution is 9.10. The van der Waals surface area contributed by atoms with Gasteiger partial charge in [-0.15, -0.1) is 0 Å². The molecule has 0 fully saturated rings. The molecule has 0 aliphatic carbocycles. The van der Waals surface area contributed by atoms with E-state index in [1.807, 2.05) is 36.8 Å². The van der Waals surface area contributed by atoms with Gasteiger partial charge in [-0.1, -0.05) is 34.1 Å². The van der Waals surface area contributed by atoms with Crippen LogP contribution in [0.25, 0.3) is 0 Å². The molecule has 3 rings (SSSR count). The molecule has 2 aromatic carbocycles. The molecule has 0 atom stereocenters. The van der Waals surface area contributed by atoms with Gasteiger partial charge in [0.25, 0.3) is 0 Å². The molecule has 136 valence electrons. The van der Waals surface area contributed by atoms with Crippen molar-refractivity contribution in [3.63, 3.8) is 0 Å². The van der Waals surface area contributed by atoms with Crippen LogP contribution in [0.3, 0.4) is 0 Å². The van der Waals surface area contributed by atoms with E-state index in [2.05, 4.69) is 30.8 Å². The number of aryl methyl sites for hydroxylation is 1. The quantitative estimate of drug-likeness (QED) is 0.519. The first-order valence-corrected chi connectivity index (χ1v) is 9.33. The van der Waals surface area contributed by atoms with E-state index in [1.54, 1.807) is 18.3 Å². The largest absolute Gasteiger partial charge is 0.488 e. The second-order valence-corrected chi connectivity index (χ2v) is 6.88. The number of nitrogens with zero attached hydrogens (tertiary/aromatic N) is 2. The van der Waals surface area contributed by atoms with Crippen LogP contribution in [0.1, 0.15) is 17.5 Å². The topological polar surface area (TPSA) is 39.1 Å². The SMILES string of the molecule is Fc1ccccc1COc1ccc(Br)cc1CNCCCn1ccnc1. The average molecular weight is 418 g/mol. The molecule has 1 aromatic heterocycles. The second kappa shape index (κ2) is 9.50. The summed E-state index contributed by atoms with van der Waals surface area (Å²) in [5.74, 6) is 0.516. The molecule has 3 aromatic rings. The molecule has 0 saturated heterocycles. The van der Waals surface area contributed by atoms with E-state index >= 15 is 0 Å². The summed E-state index contributed by atoms with van der Waals surface area (Å²) in [6.45, 7) is 2.72. The van der Waals surface area contributed by atoms with Gasteiger partial charge in [0, 0.05) is 41.1 Å². The van der Waals surface area contributed by atoms with Crippen LogP contribution in [0.4, 0.5) is 4.39 Å². The number of ether oxygens (including phenoxy) is 1. The number of hydrogen-bond acceptors (Lipinski definition) is 3. The summed E-state index contributed by atoms with van der Waals surface area (Å²) in [6.07, 6.45) is 6.58. The summed E-state index contributed by atoms with van der Waals surface area (Å²) in [5.41, 5.74) is 1.59. The predicted molar refractivity (Wildman–Crippen MR) is 103 cm³/mol. The van der Waals surface area contributed by atoms with Crippen molar-refractivity contribution in [2.24, 2.45) is 0 Å². The molecule has 0 spiro atoms. The zero-order valence-electron chi connectivity index (χ0n) is 14.4. The first-order valence-electron chi connectivity index (χ1n) is 8.53. The molecule has 0 bridgehead atoms. The molecule has 1 heterocycles. The van der Waals surface area contributed by atoms with Gasteiger partial charge in [0.05, 0.1) is 6.33 Å². The fraction of sp³-hybridized carbons (Fsp3) is 0.250. The van der Waals surface area contributed by atoms with Crippen LogP contribution in [0.2, 0.25) is 0 Å². The summed E-state index contributed by atoms with van der Waals surface area (Å²) in [7, 11) is 0. The minimum absolute atomic E-state index is 0.210. The molecule has 0 aliphatic rings. The van der Waals surface area contributed by atoms with Crippen LogP contribution in [0.15, 0.2) is 65.7 Å². The maximum atomic E-state index is 13.8. The molecular weight excluding hydrogens is 397 g/mol. The van der Waals surface area contributed by atoms with Crippen LogP contribution >= 0.6 is 15.9 Å². The van der Waals surface area contributed by atoms with Gasteiger partial charge in [0.2, 0.25) is 0 Å². The monoisotopic (exact) mass is 417 g/mol. The number of hydrogen-bond donors (Lipinski definition) is 1. The van der Waals surface area contributed by atoms with Crippen molar-refractivity contribution in [3.8, 4) is 5.75 Å². The van der Waals surface area contributed by atoms with Gasteiger partial charge in [0.1, 0.15) is 18.2 Å². The van der Waals surface area contributed by atoms with Crippen LogP contribution in [0, 0.1) is 5.82 Å². The first-order chi connectivity index (χ1) is 12.7. The molecule has 1 N–H and O–H groups in total. The fourth-order valence-electron chi connectivity index (χ4n) is 2.63. The number of nitrogens with one attached hydrogen (secondary N) is 1. The molecule has 6 heteroatoms. The normalized spacial score (nSPS) is 10.8. The van der Waals surface area contributed by atoms with Crippen LogP contribution in [0.5, 0.6) is 5.75 Å². The Morgan fingerprint density at radius 1 is 1.15 bits per heavy atom. The van der Waals surface area contributed by atoms with Crippen LogP contribution in [-0.4, -0.2) is 16.1 Å². The lowest BCUT2D eigenvalue weighted by Gasteiger charge is -2.13. The lowest BCUT2D eigenvalue weighted by molar-refractivity contribution is 0.296. The van der Waals surface area contributed by atoms with E-state index < -0.39 is 0 Å². The zero-order chi connectivity index (χ0) is 18.2. The van der Waals surface area contributed by atoms with Crippen molar-refractivity contribution in [2.45, 2.75) is 26.1 Å². The maximum absolute atomic E-state index is 13.8. The highest BCUT2D eigenvalue weighted by atomic mass is 79.9. The third-order valence-electron chi connectivity index (χ3n) is 4.01. The molecular formula is C20H21BrFN3O. The second-order valence-electron chi connectivity index (χ2n) is 5.96. The number of halogens is 2. The van der Waals surface area contributed by atoms with Crippen molar-refractivity contribution >= 4 is 15.9 Å². The summed E-state index contributed by atoms with van der Waals surface area (Å²) in [4.78, 5) is 4.04. The Labute approximate surface area is 161 Å². The smallest absolute Gasteiger partial charge is 0.129 e. The standard InChI is InChI=1S/C20H21BrFN3O/c21-18-6-7-20(26-14-16-4-1-2-5-19(16)22)17(12-18)13-23-8-3-10-25-11-9-24-15-25/h1-2,4-7,9,11-12,15,23H,3,8,10,13-14H2. The van der Waals surface area contributed by atoms with E-state index in [1.165, 1.54) is 6.07 Å². The Balaban J connectivity index is 1.53. The Morgan fingerprint density at radius 3 is 2.85 bits per heavy atom. The van der Waals surface area contributed by atoms with Crippen LogP contribution in [-0.2, 0) is 19.7 Å². The number of imidazole rings is 1. The van der Waals surface area contributed by atoms with Gasteiger partial charge in [-0.2, -0.15) is 0 Å². The minimum atomic E-state index is -0.246. The Kier molecular flexibility index (Phi) is 6.80. The third kappa shape index (κ3) is 5.41. The molecule has 26 heavy (non-hydrogen) atoms. The zero-order valence-corrected chi connectivity index (χ0v) is 16.0. The average Bonchev–Trinajstić information content (AvgIpc) is 3.15. The van der Waals surface area contributed by atoms with Gasteiger partial charge in [-0.25, -0.2) is 9.37 Å². The predicted octanol–water partition coefficient (Wildman–Crippen LogP) is 4.54. The number of rotatable bonds is 9. The minimum Gasteiger partial charge on any atom is -0.488 e. The van der Waals surface area contributed by atoms with Crippen molar-refractivity contribution in [1.29, 1.82) is 0 Å². The van der Waals surface area contributed by atoms with Crippen molar-refractivity contribution in [3.05, 3.63) is 82.6 Å². The highest BCUT2D eigenvalue weighted by Gasteiger charge is 2.07. The molecule has 0 unspecified atom stereocenters. The number of benzene rings is 2. The Hall–Kier alpha value is -2.18. The van der Waals surface area contributed by atoms with E-state index in [0.29, 0.717) is 12.1 Å². The molecule has 4 nitrogen and oxygen atoms in total. The lowest BCUT2D eigenvalue weighted by Crippen LogP contribution is -2.17. The fourth-order valence-corrected chi connectivity index (χ4v) is 3.04. The van der Waals surface area contributed by atoms with Gasteiger partial charge < -0.3 is 14.6 Å². The maximum Gasteiger partial charge on any atom is 0.129 e. The third-order valence-corrected chi connectivity index (χ3v) is 4.50. The Morgan fingerprint density at radius 2 is 2.04 bits per heavy atom. The van der Waals surface area contributed by atoms with E-state index in [9.17, 15) is 4.39 Å². The van der Waals surface area contributed by atoms with Gasteiger partial charge >= 0.3 is 0 Å². The van der Waals surface area contributed by atoms with Crippen LogP contribution < -0.4 is 10.1 Å². The lowest BCUT2D eigenvalue weighted by atomic mass is 10.2. The molecule has 0 saturated carbocycles. The molecule has 0 aliphatic heterocycles. The summed E-state index contributed by atoms with van der Waals surface area (Å²) in [5, 5.41) is 3.43. The summed E-state index contributed by atoms with van der Waals surface area (Å²) in [6, 6.07) is 12.5. The van der Waals surface area contributed by atoms with Crippen molar-refractivity contribution in [2.75, 3.05) is 6.54 Å². The molecule has 0 radical (unpaired) electrons. The Bertz CT molecular complexity index is 824. The molecule has 0 amide bonds. The van der Waals surface area contributed by atoms with E-state index in [-0.39, 0.29) is 12.4 Å².